The van der Waals surface area contributed by atoms with Crippen molar-refractivity contribution in [3.8, 4) is 0 Å². The van der Waals surface area contributed by atoms with Gasteiger partial charge in [0.2, 0.25) is 5.91 Å². The van der Waals surface area contributed by atoms with Crippen LogP contribution in [0.5, 0.6) is 0 Å². The fraction of sp³-hybridized carbons (Fsp3) is 0.714. The molecule has 1 saturated heterocycles. The molecule has 2 heterocycles. The van der Waals surface area contributed by atoms with Gasteiger partial charge in [-0.25, -0.2) is 0 Å². The number of rotatable bonds is 3. The van der Waals surface area contributed by atoms with Crippen molar-refractivity contribution in [3.63, 3.8) is 0 Å². The second kappa shape index (κ2) is 5.74. The molecule has 0 spiro atoms. The fourth-order valence-electron chi connectivity index (χ4n) is 2.57. The van der Waals surface area contributed by atoms with Crippen molar-refractivity contribution in [3.05, 3.63) is 17.5 Å². The smallest absolute Gasteiger partial charge is 0.222 e. The van der Waals surface area contributed by atoms with Crippen molar-refractivity contribution in [2.75, 3.05) is 13.1 Å². The van der Waals surface area contributed by atoms with Crippen molar-refractivity contribution in [1.29, 1.82) is 0 Å². The van der Waals surface area contributed by atoms with E-state index in [-0.39, 0.29) is 12.0 Å². The summed E-state index contributed by atoms with van der Waals surface area (Å²) in [5.74, 6) is 0.429. The Morgan fingerprint density at radius 1 is 1.58 bits per heavy atom. The number of aromatic nitrogens is 2. The fourth-order valence-corrected chi connectivity index (χ4v) is 2.57. The number of hydrogen-bond donors (Lipinski definition) is 1. The topological polar surface area (TPSA) is 58.4 Å². The zero-order valence-electron chi connectivity index (χ0n) is 12.0. The number of aliphatic hydroxyl groups excluding tert-OH is 1. The average Bonchev–Trinajstić information content (AvgIpc) is 2.68. The Labute approximate surface area is 114 Å². The number of carbonyl (C=O) groups is 1. The molecule has 5 nitrogen and oxygen atoms in total. The molecule has 1 aliphatic rings. The standard InChI is InChI=1S/C14H23N3O2/c1-10-6-7-17(9-13(10)18)14(19)5-4-12-8-16(3)15-11(12)2/h8,10,13,18H,4-7,9H2,1-3H3. The van der Waals surface area contributed by atoms with E-state index < -0.39 is 0 Å². The minimum atomic E-state index is -0.377. The Morgan fingerprint density at radius 3 is 2.89 bits per heavy atom. The highest BCUT2D eigenvalue weighted by Crippen LogP contribution is 2.18. The molecule has 1 N–H and O–H groups in total. The summed E-state index contributed by atoms with van der Waals surface area (Å²) in [6.07, 6.45) is 3.70. The molecule has 0 aromatic carbocycles. The SMILES string of the molecule is Cc1nn(C)cc1CCC(=O)N1CCC(C)C(O)C1. The minimum Gasteiger partial charge on any atom is -0.391 e. The summed E-state index contributed by atoms with van der Waals surface area (Å²) in [6, 6.07) is 0. The van der Waals surface area contributed by atoms with Crippen LogP contribution in [0.3, 0.4) is 0 Å². The van der Waals surface area contributed by atoms with Gasteiger partial charge in [-0.15, -0.1) is 0 Å². The van der Waals surface area contributed by atoms with Gasteiger partial charge in [0.25, 0.3) is 0 Å². The van der Waals surface area contributed by atoms with Crippen LogP contribution in [0.4, 0.5) is 0 Å². The molecule has 2 atom stereocenters. The molecule has 2 rings (SSSR count). The van der Waals surface area contributed by atoms with Crippen LogP contribution in [0.2, 0.25) is 0 Å². The molecule has 19 heavy (non-hydrogen) atoms. The van der Waals surface area contributed by atoms with Gasteiger partial charge in [0.1, 0.15) is 0 Å². The lowest BCUT2D eigenvalue weighted by atomic mass is 9.95. The van der Waals surface area contributed by atoms with Crippen LogP contribution in [0.1, 0.15) is 31.0 Å². The van der Waals surface area contributed by atoms with Crippen molar-refractivity contribution in [1.82, 2.24) is 14.7 Å². The van der Waals surface area contributed by atoms with E-state index in [1.165, 1.54) is 0 Å². The molecule has 0 aliphatic carbocycles. The van der Waals surface area contributed by atoms with Crippen LogP contribution in [0.15, 0.2) is 6.20 Å². The zero-order chi connectivity index (χ0) is 14.0. The largest absolute Gasteiger partial charge is 0.391 e. The van der Waals surface area contributed by atoms with Crippen molar-refractivity contribution in [2.24, 2.45) is 13.0 Å². The Kier molecular flexibility index (Phi) is 4.24. The summed E-state index contributed by atoms with van der Waals surface area (Å²) in [5, 5.41) is 14.1. The number of nitrogens with zero attached hydrogens (tertiary/aromatic N) is 3. The van der Waals surface area contributed by atoms with Crippen LogP contribution in [0, 0.1) is 12.8 Å². The van der Waals surface area contributed by atoms with Gasteiger partial charge in [-0.3, -0.25) is 9.48 Å². The number of β-amino-alcohol motifs (C(OH)–C–C–N with tert-alkyl or cyclic N) is 1. The Hall–Kier alpha value is -1.36. The van der Waals surface area contributed by atoms with Crippen molar-refractivity contribution >= 4 is 5.91 Å². The molecule has 1 aromatic heterocycles. The average molecular weight is 265 g/mol. The Bertz CT molecular complexity index is 456. The van der Waals surface area contributed by atoms with Gasteiger partial charge in [0.15, 0.2) is 0 Å². The minimum absolute atomic E-state index is 0.134. The second-order valence-corrected chi connectivity index (χ2v) is 5.59. The summed E-state index contributed by atoms with van der Waals surface area (Å²) >= 11 is 0. The van der Waals surface area contributed by atoms with E-state index in [0.717, 1.165) is 30.6 Å². The highest BCUT2D eigenvalue weighted by Gasteiger charge is 2.26. The number of carbonyl (C=O) groups excluding carboxylic acids is 1. The first-order valence-corrected chi connectivity index (χ1v) is 6.92. The zero-order valence-corrected chi connectivity index (χ0v) is 12.0. The van der Waals surface area contributed by atoms with Gasteiger partial charge in [0.05, 0.1) is 11.8 Å². The monoisotopic (exact) mass is 265 g/mol. The van der Waals surface area contributed by atoms with Crippen LogP contribution >= 0.6 is 0 Å². The summed E-state index contributed by atoms with van der Waals surface area (Å²) < 4.78 is 1.78. The quantitative estimate of drug-likeness (QED) is 0.883. The lowest BCUT2D eigenvalue weighted by Crippen LogP contribution is -2.45. The van der Waals surface area contributed by atoms with Crippen LogP contribution in [-0.2, 0) is 18.3 Å². The third-order valence-electron chi connectivity index (χ3n) is 3.99. The Morgan fingerprint density at radius 2 is 2.32 bits per heavy atom. The first-order valence-electron chi connectivity index (χ1n) is 6.92. The van der Waals surface area contributed by atoms with E-state index in [1.54, 1.807) is 9.58 Å². The molecule has 2 unspecified atom stereocenters. The van der Waals surface area contributed by atoms with Gasteiger partial charge in [-0.05, 0) is 31.2 Å². The molecule has 5 heteroatoms. The predicted octanol–water partition coefficient (Wildman–Crippen LogP) is 0.890. The van der Waals surface area contributed by atoms with Crippen molar-refractivity contribution in [2.45, 2.75) is 39.2 Å². The predicted molar refractivity (Wildman–Crippen MR) is 72.6 cm³/mol. The Balaban J connectivity index is 1.86. The molecule has 1 fully saturated rings. The first-order chi connectivity index (χ1) is 8.97. The maximum absolute atomic E-state index is 12.1. The maximum atomic E-state index is 12.1. The van der Waals surface area contributed by atoms with Crippen LogP contribution in [-0.4, -0.2) is 44.9 Å². The second-order valence-electron chi connectivity index (χ2n) is 5.59. The van der Waals surface area contributed by atoms with E-state index in [0.29, 0.717) is 18.9 Å². The lowest BCUT2D eigenvalue weighted by Gasteiger charge is -2.34. The third-order valence-corrected chi connectivity index (χ3v) is 3.99. The van der Waals surface area contributed by atoms with E-state index >= 15 is 0 Å². The normalized spacial score (nSPS) is 23.7. The third kappa shape index (κ3) is 3.35. The molecule has 0 radical (unpaired) electrons. The van der Waals surface area contributed by atoms with Crippen LogP contribution in [0.25, 0.3) is 0 Å². The summed E-state index contributed by atoms with van der Waals surface area (Å²) in [5.41, 5.74) is 2.12. The molecule has 1 amide bonds. The van der Waals surface area contributed by atoms with E-state index in [9.17, 15) is 9.90 Å². The van der Waals surface area contributed by atoms with Gasteiger partial charge in [-0.1, -0.05) is 6.92 Å². The molecule has 1 aromatic rings. The number of aryl methyl sites for hydroxylation is 3. The van der Waals surface area contributed by atoms with Gasteiger partial charge in [-0.2, -0.15) is 5.10 Å². The van der Waals surface area contributed by atoms with E-state index in [4.69, 9.17) is 0 Å². The van der Waals surface area contributed by atoms with Crippen LogP contribution < -0.4 is 0 Å². The van der Waals surface area contributed by atoms with E-state index in [1.807, 2.05) is 27.1 Å². The molecule has 1 aliphatic heterocycles. The number of likely N-dealkylation sites (tertiary alicyclic amines) is 1. The summed E-state index contributed by atoms with van der Waals surface area (Å²) in [4.78, 5) is 13.9. The van der Waals surface area contributed by atoms with Crippen molar-refractivity contribution < 1.29 is 9.90 Å². The first kappa shape index (κ1) is 14.1. The van der Waals surface area contributed by atoms with Gasteiger partial charge >= 0.3 is 0 Å². The van der Waals surface area contributed by atoms with Gasteiger partial charge < -0.3 is 10.0 Å². The summed E-state index contributed by atoms with van der Waals surface area (Å²) in [7, 11) is 1.89. The van der Waals surface area contributed by atoms with Gasteiger partial charge in [0, 0.05) is 32.8 Å². The van der Waals surface area contributed by atoms with E-state index in [2.05, 4.69) is 5.10 Å². The highest BCUT2D eigenvalue weighted by molar-refractivity contribution is 5.76. The maximum Gasteiger partial charge on any atom is 0.222 e. The molecular formula is C14H23N3O2. The highest BCUT2D eigenvalue weighted by atomic mass is 16.3. The number of aliphatic hydroxyl groups is 1. The lowest BCUT2D eigenvalue weighted by molar-refractivity contribution is -0.135. The molecular weight excluding hydrogens is 242 g/mol. The molecule has 0 bridgehead atoms. The molecule has 0 saturated carbocycles. The number of amides is 1. The number of hydrogen-bond acceptors (Lipinski definition) is 3. The number of piperidine rings is 1. The summed E-state index contributed by atoms with van der Waals surface area (Å²) in [6.45, 7) is 5.24. The molecule has 106 valence electrons.